The Kier molecular flexibility index (Phi) is 4.20. The standard InChI is InChI=1S/C16H17N3O2S/c1-10(2)15-18-19-16(22-15)17-14(20)6-4-11-3-5-13-12(9-11)7-8-21-13/h3-6,9-10H,7-8H2,1-2H3,(H,17,19,20)/b6-4+. The molecule has 0 spiro atoms. The van der Waals surface area contributed by atoms with E-state index in [1.807, 2.05) is 32.0 Å². The summed E-state index contributed by atoms with van der Waals surface area (Å²) >= 11 is 1.40. The predicted octanol–water partition coefficient (Wildman–Crippen LogP) is 3.25. The van der Waals surface area contributed by atoms with Crippen molar-refractivity contribution in [2.45, 2.75) is 26.2 Å². The van der Waals surface area contributed by atoms with Gasteiger partial charge in [0.15, 0.2) is 0 Å². The van der Waals surface area contributed by atoms with E-state index in [1.165, 1.54) is 23.0 Å². The van der Waals surface area contributed by atoms with E-state index < -0.39 is 0 Å². The molecular formula is C16H17N3O2S. The van der Waals surface area contributed by atoms with Crippen molar-refractivity contribution in [3.8, 4) is 5.75 Å². The Hall–Kier alpha value is -2.21. The first kappa shape index (κ1) is 14.7. The van der Waals surface area contributed by atoms with Gasteiger partial charge in [0.1, 0.15) is 10.8 Å². The number of fused-ring (bicyclic) bond motifs is 1. The summed E-state index contributed by atoms with van der Waals surface area (Å²) in [4.78, 5) is 11.9. The second kappa shape index (κ2) is 6.27. The van der Waals surface area contributed by atoms with Crippen LogP contribution >= 0.6 is 11.3 Å². The SMILES string of the molecule is CC(C)c1nnc(NC(=O)/C=C/c2ccc3c(c2)CCO3)s1. The summed E-state index contributed by atoms with van der Waals surface area (Å²) in [5.74, 6) is 1.05. The van der Waals surface area contributed by atoms with Gasteiger partial charge in [-0.2, -0.15) is 0 Å². The zero-order valence-electron chi connectivity index (χ0n) is 12.5. The number of rotatable bonds is 4. The number of anilines is 1. The van der Waals surface area contributed by atoms with E-state index in [2.05, 4.69) is 15.5 Å². The van der Waals surface area contributed by atoms with Crippen LogP contribution in [-0.4, -0.2) is 22.7 Å². The monoisotopic (exact) mass is 315 g/mol. The van der Waals surface area contributed by atoms with Gasteiger partial charge in [0.2, 0.25) is 11.0 Å². The van der Waals surface area contributed by atoms with Crippen LogP contribution in [0.5, 0.6) is 5.75 Å². The summed E-state index contributed by atoms with van der Waals surface area (Å²) in [6.07, 6.45) is 4.22. The van der Waals surface area contributed by atoms with Gasteiger partial charge in [-0.3, -0.25) is 10.1 Å². The maximum atomic E-state index is 11.9. The lowest BCUT2D eigenvalue weighted by molar-refractivity contribution is -0.111. The molecule has 0 atom stereocenters. The van der Waals surface area contributed by atoms with Gasteiger partial charge >= 0.3 is 0 Å². The van der Waals surface area contributed by atoms with Crippen molar-refractivity contribution in [3.05, 3.63) is 40.4 Å². The van der Waals surface area contributed by atoms with Gasteiger partial charge in [-0.05, 0) is 29.3 Å². The molecule has 1 aromatic heterocycles. The average Bonchev–Trinajstić information content (AvgIpc) is 3.13. The van der Waals surface area contributed by atoms with Crippen LogP contribution in [0.4, 0.5) is 5.13 Å². The number of aromatic nitrogens is 2. The van der Waals surface area contributed by atoms with Gasteiger partial charge in [-0.1, -0.05) is 31.3 Å². The molecule has 0 saturated carbocycles. The Morgan fingerprint density at radius 1 is 1.41 bits per heavy atom. The fourth-order valence-electron chi connectivity index (χ4n) is 2.15. The van der Waals surface area contributed by atoms with E-state index in [4.69, 9.17) is 4.74 Å². The third kappa shape index (κ3) is 3.33. The van der Waals surface area contributed by atoms with Crippen molar-refractivity contribution in [1.82, 2.24) is 10.2 Å². The number of amides is 1. The van der Waals surface area contributed by atoms with Crippen LogP contribution < -0.4 is 10.1 Å². The number of hydrogen-bond donors (Lipinski definition) is 1. The molecular weight excluding hydrogens is 298 g/mol. The van der Waals surface area contributed by atoms with E-state index in [0.717, 1.165) is 29.3 Å². The lowest BCUT2D eigenvalue weighted by Crippen LogP contribution is -2.07. The molecule has 3 rings (SSSR count). The molecule has 6 heteroatoms. The Bertz CT molecular complexity index is 722. The van der Waals surface area contributed by atoms with Crippen molar-refractivity contribution in [2.75, 3.05) is 11.9 Å². The molecule has 0 aliphatic carbocycles. The van der Waals surface area contributed by atoms with Crippen LogP contribution in [0.3, 0.4) is 0 Å². The Labute approximate surface area is 133 Å². The number of carbonyl (C=O) groups is 1. The molecule has 0 fully saturated rings. The average molecular weight is 315 g/mol. The lowest BCUT2D eigenvalue weighted by atomic mass is 10.1. The summed E-state index contributed by atoms with van der Waals surface area (Å²) in [6.45, 7) is 4.82. The zero-order valence-corrected chi connectivity index (χ0v) is 13.3. The quantitative estimate of drug-likeness (QED) is 0.880. The van der Waals surface area contributed by atoms with Gasteiger partial charge in [-0.15, -0.1) is 10.2 Å². The molecule has 0 radical (unpaired) electrons. The van der Waals surface area contributed by atoms with Gasteiger partial charge in [0.05, 0.1) is 6.61 Å². The number of nitrogens with one attached hydrogen (secondary N) is 1. The third-order valence-corrected chi connectivity index (χ3v) is 4.44. The van der Waals surface area contributed by atoms with Crippen molar-refractivity contribution < 1.29 is 9.53 Å². The molecule has 0 saturated heterocycles. The van der Waals surface area contributed by atoms with Crippen LogP contribution in [0.2, 0.25) is 0 Å². The summed E-state index contributed by atoms with van der Waals surface area (Å²) in [5, 5.41) is 12.2. The molecule has 0 unspecified atom stereocenters. The molecule has 1 aromatic carbocycles. The Balaban J connectivity index is 1.63. The third-order valence-electron chi connectivity index (χ3n) is 3.31. The highest BCUT2D eigenvalue weighted by molar-refractivity contribution is 7.15. The molecule has 22 heavy (non-hydrogen) atoms. The molecule has 1 amide bonds. The van der Waals surface area contributed by atoms with Crippen molar-refractivity contribution in [1.29, 1.82) is 0 Å². The molecule has 5 nitrogen and oxygen atoms in total. The number of nitrogens with zero attached hydrogens (tertiary/aromatic N) is 2. The first-order chi connectivity index (χ1) is 10.6. The molecule has 1 aliphatic heterocycles. The largest absolute Gasteiger partial charge is 0.493 e. The zero-order chi connectivity index (χ0) is 15.5. The Morgan fingerprint density at radius 2 is 2.27 bits per heavy atom. The highest BCUT2D eigenvalue weighted by Gasteiger charge is 2.11. The molecule has 2 aromatic rings. The van der Waals surface area contributed by atoms with Crippen LogP contribution in [0.25, 0.3) is 6.08 Å². The van der Waals surface area contributed by atoms with E-state index >= 15 is 0 Å². The van der Waals surface area contributed by atoms with Gasteiger partial charge in [0.25, 0.3) is 0 Å². The fourth-order valence-corrected chi connectivity index (χ4v) is 2.90. The fraction of sp³-hybridized carbons (Fsp3) is 0.312. The number of hydrogen-bond acceptors (Lipinski definition) is 5. The maximum Gasteiger partial charge on any atom is 0.250 e. The second-order valence-corrected chi connectivity index (χ2v) is 6.40. The van der Waals surface area contributed by atoms with E-state index in [9.17, 15) is 4.79 Å². The minimum Gasteiger partial charge on any atom is -0.493 e. The van der Waals surface area contributed by atoms with Crippen LogP contribution in [0, 0.1) is 0 Å². The summed E-state index contributed by atoms with van der Waals surface area (Å²) < 4.78 is 5.46. The van der Waals surface area contributed by atoms with Gasteiger partial charge in [0, 0.05) is 18.4 Å². The normalized spacial score (nSPS) is 13.4. The maximum absolute atomic E-state index is 11.9. The smallest absolute Gasteiger partial charge is 0.250 e. The van der Waals surface area contributed by atoms with Crippen LogP contribution in [0.15, 0.2) is 24.3 Å². The minimum atomic E-state index is -0.205. The molecule has 0 bridgehead atoms. The molecule has 2 heterocycles. The topological polar surface area (TPSA) is 64.1 Å². The van der Waals surface area contributed by atoms with E-state index in [-0.39, 0.29) is 5.91 Å². The molecule has 1 aliphatic rings. The second-order valence-electron chi connectivity index (χ2n) is 5.39. The lowest BCUT2D eigenvalue weighted by Gasteiger charge is -2.00. The first-order valence-electron chi connectivity index (χ1n) is 7.20. The van der Waals surface area contributed by atoms with E-state index in [0.29, 0.717) is 11.0 Å². The van der Waals surface area contributed by atoms with Gasteiger partial charge < -0.3 is 4.74 Å². The predicted molar refractivity (Wildman–Crippen MR) is 87.3 cm³/mol. The van der Waals surface area contributed by atoms with E-state index in [1.54, 1.807) is 6.08 Å². The Morgan fingerprint density at radius 3 is 3.05 bits per heavy atom. The first-order valence-corrected chi connectivity index (χ1v) is 8.01. The molecule has 114 valence electrons. The summed E-state index contributed by atoms with van der Waals surface area (Å²) in [6, 6.07) is 5.93. The van der Waals surface area contributed by atoms with Crippen molar-refractivity contribution in [3.63, 3.8) is 0 Å². The van der Waals surface area contributed by atoms with Crippen molar-refractivity contribution in [2.24, 2.45) is 0 Å². The summed E-state index contributed by atoms with van der Waals surface area (Å²) in [7, 11) is 0. The van der Waals surface area contributed by atoms with Crippen molar-refractivity contribution >= 4 is 28.5 Å². The van der Waals surface area contributed by atoms with Crippen LogP contribution in [-0.2, 0) is 11.2 Å². The highest BCUT2D eigenvalue weighted by atomic mass is 32.1. The highest BCUT2D eigenvalue weighted by Crippen LogP contribution is 2.26. The molecule has 1 N–H and O–H groups in total. The number of carbonyl (C=O) groups excluding carboxylic acids is 1. The summed E-state index contributed by atoms with van der Waals surface area (Å²) in [5.41, 5.74) is 2.17. The number of ether oxygens (including phenoxy) is 1. The van der Waals surface area contributed by atoms with Gasteiger partial charge in [-0.25, -0.2) is 0 Å². The van der Waals surface area contributed by atoms with Crippen LogP contribution in [0.1, 0.15) is 35.9 Å². The number of benzene rings is 1. The minimum absolute atomic E-state index is 0.205.